The van der Waals surface area contributed by atoms with Crippen molar-refractivity contribution in [3.8, 4) is 16.9 Å². The Bertz CT molecular complexity index is 3010. The van der Waals surface area contributed by atoms with Crippen molar-refractivity contribution in [2.45, 2.75) is 23.3 Å². The smallest absolute Gasteiger partial charge is 0.455 e. The molecule has 358 valence electrons. The van der Waals surface area contributed by atoms with Gasteiger partial charge in [0.1, 0.15) is 16.7 Å². The van der Waals surface area contributed by atoms with Gasteiger partial charge >= 0.3 is 40.5 Å². The Morgan fingerprint density at radius 3 is 1.48 bits per heavy atom. The average molecular weight is 1130 g/mol. The van der Waals surface area contributed by atoms with Gasteiger partial charge in [-0.3, -0.25) is 0 Å². The van der Waals surface area contributed by atoms with E-state index in [1.807, 2.05) is 42.5 Å². The topological polar surface area (TPSA) is 110 Å². The molecule has 27 heteroatoms. The second kappa shape index (κ2) is 24.2. The Morgan fingerprint density at radius 1 is 0.597 bits per heavy atom. The van der Waals surface area contributed by atoms with Gasteiger partial charge in [-0.25, -0.2) is 0 Å². The predicted molar refractivity (Wildman–Crippen MR) is 273 cm³/mol. The molecule has 0 amide bonds. The van der Waals surface area contributed by atoms with Crippen molar-refractivity contribution in [2.24, 2.45) is 0 Å². The largest absolute Gasteiger partial charge is 0.488 e. The molecule has 0 aliphatic rings. The zero-order valence-electron chi connectivity index (χ0n) is 33.6. The summed E-state index contributed by atoms with van der Waals surface area (Å²) < 4.78 is 156. The third kappa shape index (κ3) is 13.7. The Morgan fingerprint density at radius 2 is 1.03 bits per heavy atom. The van der Waals surface area contributed by atoms with Crippen molar-refractivity contribution >= 4 is 149 Å². The molecule has 2 N–H and O–H groups in total. The van der Waals surface area contributed by atoms with E-state index in [4.69, 9.17) is 42.1 Å². The summed E-state index contributed by atoms with van der Waals surface area (Å²) in [7, 11) is 5.56. The summed E-state index contributed by atoms with van der Waals surface area (Å²) in [5.41, 5.74) is 3.92. The summed E-state index contributed by atoms with van der Waals surface area (Å²) in [6.07, 6.45) is -7.19. The highest BCUT2D eigenvalue weighted by Gasteiger charge is 2.86. The van der Waals surface area contributed by atoms with Crippen molar-refractivity contribution in [1.29, 1.82) is 0 Å². The summed E-state index contributed by atoms with van der Waals surface area (Å²) >= 11 is 11.8. The van der Waals surface area contributed by atoms with E-state index in [0.717, 1.165) is 47.1 Å². The number of para-hydroxylation sites is 2. The highest BCUT2D eigenvalue weighted by atomic mass is 35.5. The third-order valence-electron chi connectivity index (χ3n) is 8.70. The first-order valence-electron chi connectivity index (χ1n) is 18.2. The van der Waals surface area contributed by atoms with Gasteiger partial charge in [0.25, 0.3) is 0 Å². The molecule has 8 aromatic rings. The van der Waals surface area contributed by atoms with Crippen LogP contribution < -0.4 is 9.65 Å². The molecule has 0 aliphatic heterocycles. The summed E-state index contributed by atoms with van der Waals surface area (Å²) in [6.45, 7) is 0.130. The van der Waals surface area contributed by atoms with E-state index in [1.54, 1.807) is 24.3 Å². The predicted octanol–water partition coefficient (Wildman–Crippen LogP) is 14.7. The first-order chi connectivity index (χ1) is 31.2. The quantitative estimate of drug-likeness (QED) is 0.0708. The van der Waals surface area contributed by atoms with Gasteiger partial charge in [0.2, 0.25) is 0 Å². The molecule has 0 bridgehead atoms. The molecule has 2 aromatic heterocycles. The Hall–Kier alpha value is -2.39. The van der Waals surface area contributed by atoms with Crippen LogP contribution in [-0.2, 0) is 10.1 Å². The number of benzene rings is 6. The fraction of sp³-hybridized carbons (Fsp3) is 0.100. The number of hydrogen-bond acceptors (Lipinski definition) is 7. The van der Waals surface area contributed by atoms with Crippen molar-refractivity contribution < 1.29 is 71.0 Å². The normalized spacial score (nSPS) is 12.0. The fourth-order valence-corrected chi connectivity index (χ4v) is 6.98. The Kier molecular flexibility index (Phi) is 20.6. The standard InChI is InChI=1S/C18H11ClO.C16H6ClF9O4S.C6H7BO2.H6P4.H5P3/c19-13-9-10-15-16-8-4-7-14(12-5-2-1-3-6-12)18(16)20-17(15)11-13;17-7-4-5-8-9-2-1-3-10(12(9)29-11(8)6-7)30-31(27,28)16(25,26)14(20,21)13(18,19)15(22,23)24;8-7(9)6-4-2-1-3-5-6;1-4(2)3;1-3-2/h1-11H;1-6H;1-5,8-9H;1-3H2;3H,1-2H2. The second-order valence-electron chi connectivity index (χ2n) is 13.3. The van der Waals surface area contributed by atoms with Crippen molar-refractivity contribution in [3.63, 3.8) is 0 Å². The number of furan rings is 2. The monoisotopic (exact) mass is 1130 g/mol. The molecule has 0 saturated heterocycles. The number of halogens is 11. The van der Waals surface area contributed by atoms with E-state index in [1.165, 1.54) is 24.3 Å². The van der Waals surface area contributed by atoms with Gasteiger partial charge in [-0.2, -0.15) is 47.9 Å². The van der Waals surface area contributed by atoms with Gasteiger partial charge in [0, 0.05) is 49.3 Å². The van der Waals surface area contributed by atoms with Crippen LogP contribution in [0.2, 0.25) is 10.0 Å². The zero-order valence-corrected chi connectivity index (χ0v) is 43.6. The summed E-state index contributed by atoms with van der Waals surface area (Å²) in [5, 5.41) is 13.5. The second-order valence-corrected chi connectivity index (χ2v) is 31.7. The van der Waals surface area contributed by atoms with Crippen LogP contribution in [0.3, 0.4) is 0 Å². The molecular weight excluding hydrogens is 1090 g/mol. The van der Waals surface area contributed by atoms with E-state index >= 15 is 0 Å². The third-order valence-corrected chi connectivity index (χ3v) is 10.5. The molecule has 0 saturated carbocycles. The first kappa shape index (κ1) is 57.2. The molecule has 67 heavy (non-hydrogen) atoms. The molecule has 0 spiro atoms. The van der Waals surface area contributed by atoms with Crippen LogP contribution in [0.1, 0.15) is 0 Å². The lowest BCUT2D eigenvalue weighted by Gasteiger charge is -2.32. The molecule has 0 radical (unpaired) electrons. The minimum Gasteiger partial charge on any atom is -0.455 e. The van der Waals surface area contributed by atoms with Crippen LogP contribution >= 0.6 is 82.8 Å². The maximum atomic E-state index is 13.9. The van der Waals surface area contributed by atoms with Crippen LogP contribution in [0.25, 0.3) is 55.0 Å². The minimum atomic E-state index is -7.41. The van der Waals surface area contributed by atoms with Gasteiger partial charge in [0.15, 0.2) is 11.3 Å². The lowest BCUT2D eigenvalue weighted by Crippen LogP contribution is -2.63. The van der Waals surface area contributed by atoms with Gasteiger partial charge in [-0.15, -0.1) is 44.6 Å². The van der Waals surface area contributed by atoms with Crippen LogP contribution in [0.15, 0.2) is 142 Å². The molecule has 5 unspecified atom stereocenters. The van der Waals surface area contributed by atoms with Gasteiger partial charge in [0.05, 0.1) is 0 Å². The highest BCUT2D eigenvalue weighted by molar-refractivity contribution is 8.65. The van der Waals surface area contributed by atoms with E-state index in [2.05, 4.69) is 79.2 Å². The van der Waals surface area contributed by atoms with Crippen LogP contribution in [0.4, 0.5) is 39.5 Å². The van der Waals surface area contributed by atoms with E-state index < -0.39 is 51.8 Å². The van der Waals surface area contributed by atoms with E-state index in [-0.39, 0.29) is 28.4 Å². The minimum absolute atomic E-state index is 0.0170. The van der Waals surface area contributed by atoms with E-state index in [9.17, 15) is 47.9 Å². The fourth-order valence-electron chi connectivity index (χ4n) is 5.74. The van der Waals surface area contributed by atoms with Crippen LogP contribution in [0.5, 0.6) is 5.75 Å². The van der Waals surface area contributed by atoms with Crippen molar-refractivity contribution in [2.75, 3.05) is 0 Å². The summed E-state index contributed by atoms with van der Waals surface area (Å²) in [4.78, 5) is 0. The van der Waals surface area contributed by atoms with Crippen molar-refractivity contribution in [3.05, 3.63) is 144 Å². The number of hydrogen-bond donors (Lipinski definition) is 2. The maximum Gasteiger partial charge on any atom is 0.488 e. The van der Waals surface area contributed by atoms with Crippen molar-refractivity contribution in [1.82, 2.24) is 0 Å². The van der Waals surface area contributed by atoms with Gasteiger partial charge in [-0.1, -0.05) is 122 Å². The Labute approximate surface area is 401 Å². The van der Waals surface area contributed by atoms with Crippen LogP contribution in [-0.4, -0.2) is 48.9 Å². The molecule has 5 atom stereocenters. The Balaban J connectivity index is 0.000000230. The molecule has 6 aromatic carbocycles. The lowest BCUT2D eigenvalue weighted by atomic mass is 9.81. The number of fused-ring (bicyclic) bond motifs is 6. The first-order valence-corrected chi connectivity index (χ1v) is 31.2. The maximum absolute atomic E-state index is 13.9. The molecule has 7 nitrogen and oxygen atoms in total. The summed E-state index contributed by atoms with van der Waals surface area (Å²) in [6, 6.07) is 37.8. The molecule has 0 aliphatic carbocycles. The van der Waals surface area contributed by atoms with Gasteiger partial charge in [-0.05, 0) is 48.3 Å². The van der Waals surface area contributed by atoms with Gasteiger partial charge < -0.3 is 23.1 Å². The summed E-state index contributed by atoms with van der Waals surface area (Å²) in [5.74, 6) is -16.0. The SMILES string of the molecule is Clc1ccc2c(c1)oc1c(-c3ccccc3)cccc12.O=S(=O)(Oc1cccc2c1oc1cc(Cl)ccc12)C(F)(F)C(F)(F)C(F)(F)C(F)(F)F.OB(O)c1ccccc1.PP(P)P.PPP. The molecule has 2 heterocycles. The zero-order chi connectivity index (χ0) is 50.1. The van der Waals surface area contributed by atoms with Crippen LogP contribution in [0, 0.1) is 0 Å². The average Bonchev–Trinajstić information content (AvgIpc) is 3.82. The lowest BCUT2D eigenvalue weighted by molar-refractivity contribution is -0.382. The number of alkyl halides is 9. The highest BCUT2D eigenvalue weighted by Crippen LogP contribution is 2.60. The molecular formula is C40H35BCl2F9O7P7S. The number of rotatable bonds is 7. The molecule has 0 fully saturated rings. The molecule has 8 rings (SSSR count). The van der Waals surface area contributed by atoms with E-state index in [0.29, 0.717) is 16.6 Å².